The van der Waals surface area contributed by atoms with Crippen molar-refractivity contribution in [3.8, 4) is 0 Å². The molecule has 0 spiro atoms. The summed E-state index contributed by atoms with van der Waals surface area (Å²) in [5.74, 6) is -0.484. The summed E-state index contributed by atoms with van der Waals surface area (Å²) >= 11 is 0. The van der Waals surface area contributed by atoms with Crippen LogP contribution in [0.5, 0.6) is 0 Å². The van der Waals surface area contributed by atoms with Gasteiger partial charge in [-0.25, -0.2) is 0 Å². The van der Waals surface area contributed by atoms with Gasteiger partial charge in [-0.2, -0.15) is 0 Å². The Kier molecular flexibility index (Phi) is 43.5. The lowest BCUT2D eigenvalue weighted by molar-refractivity contribution is -0.162. The summed E-state index contributed by atoms with van der Waals surface area (Å²) in [6, 6.07) is 0. The van der Waals surface area contributed by atoms with Crippen molar-refractivity contribution in [3.63, 3.8) is 0 Å². The van der Waals surface area contributed by atoms with Gasteiger partial charge in [-0.15, -0.1) is 0 Å². The van der Waals surface area contributed by atoms with Crippen LogP contribution in [0, 0.1) is 0 Å². The Balaban J connectivity index is 4.32. The molecule has 5 heteroatoms. The van der Waals surface area contributed by atoms with Gasteiger partial charge in [-0.1, -0.05) is 217 Å². The minimum absolute atomic E-state index is 0.0514. The lowest BCUT2D eigenvalue weighted by Gasteiger charge is -2.18. The van der Waals surface area contributed by atoms with E-state index in [1.807, 2.05) is 6.08 Å². The van der Waals surface area contributed by atoms with E-state index in [2.05, 4.69) is 63.3 Å². The number of ether oxygens (including phenoxy) is 3. The molecule has 0 aliphatic carbocycles. The highest BCUT2D eigenvalue weighted by molar-refractivity contribution is 5.70. The van der Waals surface area contributed by atoms with Crippen LogP contribution in [0.3, 0.4) is 0 Å². The normalized spacial score (nSPS) is 12.6. The van der Waals surface area contributed by atoms with E-state index in [9.17, 15) is 9.59 Å². The van der Waals surface area contributed by atoms with Crippen molar-refractivity contribution in [1.29, 1.82) is 0 Å². The Morgan fingerprint density at radius 1 is 0.426 bits per heavy atom. The molecule has 314 valence electrons. The molecule has 0 radical (unpaired) electrons. The van der Waals surface area contributed by atoms with Crippen LogP contribution in [-0.2, 0) is 23.8 Å². The second-order valence-electron chi connectivity index (χ2n) is 15.3. The molecule has 0 aliphatic heterocycles. The number of carbonyl (C=O) groups excluding carboxylic acids is 2. The molecule has 0 aromatic rings. The smallest absolute Gasteiger partial charge is 0.306 e. The Morgan fingerprint density at radius 2 is 0.833 bits per heavy atom. The number of rotatable bonds is 42. The van der Waals surface area contributed by atoms with Crippen LogP contribution in [0.25, 0.3) is 0 Å². The average Bonchev–Trinajstić information content (AvgIpc) is 3.17. The fourth-order valence-electron chi connectivity index (χ4n) is 6.46. The van der Waals surface area contributed by atoms with Crippen molar-refractivity contribution < 1.29 is 23.8 Å². The summed E-state index contributed by atoms with van der Waals surface area (Å²) in [5, 5.41) is 0. The predicted molar refractivity (Wildman–Crippen MR) is 233 cm³/mol. The monoisotopic (exact) mass is 757 g/mol. The van der Waals surface area contributed by atoms with E-state index < -0.39 is 6.10 Å². The van der Waals surface area contributed by atoms with Gasteiger partial charge >= 0.3 is 11.9 Å². The topological polar surface area (TPSA) is 61.8 Å². The van der Waals surface area contributed by atoms with Gasteiger partial charge in [0.2, 0.25) is 0 Å². The molecular formula is C49H88O5. The first-order valence-electron chi connectivity index (χ1n) is 23.2. The van der Waals surface area contributed by atoms with Crippen molar-refractivity contribution in [2.75, 3.05) is 19.8 Å². The zero-order valence-corrected chi connectivity index (χ0v) is 36.0. The maximum atomic E-state index is 12.7. The molecule has 0 amide bonds. The van der Waals surface area contributed by atoms with E-state index >= 15 is 0 Å². The largest absolute Gasteiger partial charge is 0.462 e. The number of hydrogen-bond donors (Lipinski definition) is 0. The molecule has 0 N–H and O–H groups in total. The van der Waals surface area contributed by atoms with E-state index in [0.717, 1.165) is 51.4 Å². The van der Waals surface area contributed by atoms with Crippen molar-refractivity contribution in [2.45, 2.75) is 232 Å². The van der Waals surface area contributed by atoms with Gasteiger partial charge in [0.25, 0.3) is 0 Å². The Morgan fingerprint density at radius 3 is 1.30 bits per heavy atom. The first-order chi connectivity index (χ1) is 26.6. The van der Waals surface area contributed by atoms with Crippen LogP contribution in [-0.4, -0.2) is 37.9 Å². The molecule has 54 heavy (non-hydrogen) atoms. The third-order valence-electron chi connectivity index (χ3n) is 9.89. The molecule has 0 aromatic heterocycles. The number of allylic oxidation sites excluding steroid dienone is 8. The Labute approximate surface area is 335 Å². The molecule has 0 aromatic carbocycles. The molecule has 1 atom stereocenters. The van der Waals surface area contributed by atoms with Crippen molar-refractivity contribution in [3.05, 3.63) is 48.6 Å². The second kappa shape index (κ2) is 45.3. The standard InChI is InChI=1S/C49H88O5/c1-4-7-10-13-16-19-22-24-26-29-32-35-38-41-44-52-45-47(54-49(51)43-40-37-34-31-27-21-18-15-12-9-6-3)46-53-48(50)42-39-36-33-30-28-25-23-20-17-14-11-8-5-2/h8,11,17,20,25,28,33,36,47H,4-7,9-10,12-16,18-19,21-24,26-27,29-32,34-35,37-46H2,1-3H3/b11-8-,20-17-,28-25-,36-33-. The van der Waals surface area contributed by atoms with Crippen molar-refractivity contribution in [1.82, 2.24) is 0 Å². The Hall–Kier alpha value is -2.14. The summed E-state index contributed by atoms with van der Waals surface area (Å²) in [6.07, 6.45) is 54.1. The highest BCUT2D eigenvalue weighted by Crippen LogP contribution is 2.15. The SMILES string of the molecule is CC/C=C\C/C=C\C/C=C\C/C=C\CCC(=O)OCC(COCCCCCCCCCCCCCCCC)OC(=O)CCCCCCCCCCCCC. The quantitative estimate of drug-likeness (QED) is 0.0353. The summed E-state index contributed by atoms with van der Waals surface area (Å²) < 4.78 is 17.3. The van der Waals surface area contributed by atoms with Crippen molar-refractivity contribution in [2.24, 2.45) is 0 Å². The number of unbranched alkanes of at least 4 members (excludes halogenated alkanes) is 23. The second-order valence-corrected chi connectivity index (χ2v) is 15.3. The predicted octanol–water partition coefficient (Wildman–Crippen LogP) is 15.2. The summed E-state index contributed by atoms with van der Waals surface area (Å²) in [7, 11) is 0. The van der Waals surface area contributed by atoms with Gasteiger partial charge in [0, 0.05) is 19.4 Å². The number of carbonyl (C=O) groups is 2. The molecule has 0 fully saturated rings. The molecule has 0 aliphatic rings. The summed E-state index contributed by atoms with van der Waals surface area (Å²) in [4.78, 5) is 25.2. The van der Waals surface area contributed by atoms with E-state index in [1.165, 1.54) is 135 Å². The molecule has 0 saturated heterocycles. The Bertz CT molecular complexity index is 904. The maximum absolute atomic E-state index is 12.7. The van der Waals surface area contributed by atoms with Crippen molar-refractivity contribution >= 4 is 11.9 Å². The van der Waals surface area contributed by atoms with Crippen LogP contribution in [0.2, 0.25) is 0 Å². The highest BCUT2D eigenvalue weighted by atomic mass is 16.6. The minimum Gasteiger partial charge on any atom is -0.462 e. The van der Waals surface area contributed by atoms with E-state index in [4.69, 9.17) is 14.2 Å². The van der Waals surface area contributed by atoms with Crippen LogP contribution >= 0.6 is 0 Å². The fourth-order valence-corrected chi connectivity index (χ4v) is 6.46. The minimum atomic E-state index is -0.557. The molecule has 0 heterocycles. The lowest BCUT2D eigenvalue weighted by Crippen LogP contribution is -2.30. The fraction of sp³-hybridized carbons (Fsp3) is 0.796. The zero-order valence-electron chi connectivity index (χ0n) is 36.0. The molecule has 0 saturated carbocycles. The third-order valence-corrected chi connectivity index (χ3v) is 9.89. The highest BCUT2D eigenvalue weighted by Gasteiger charge is 2.17. The van der Waals surface area contributed by atoms with Gasteiger partial charge in [-0.05, 0) is 44.9 Å². The first-order valence-corrected chi connectivity index (χ1v) is 23.2. The van der Waals surface area contributed by atoms with E-state index in [-0.39, 0.29) is 25.2 Å². The number of hydrogen-bond acceptors (Lipinski definition) is 5. The number of esters is 2. The van der Waals surface area contributed by atoms with Gasteiger partial charge in [-0.3, -0.25) is 9.59 Å². The summed E-state index contributed by atoms with van der Waals surface area (Å²) in [6.45, 7) is 7.65. The van der Waals surface area contributed by atoms with Gasteiger partial charge < -0.3 is 14.2 Å². The van der Waals surface area contributed by atoms with E-state index in [1.54, 1.807) is 0 Å². The van der Waals surface area contributed by atoms with Crippen LogP contribution in [0.4, 0.5) is 0 Å². The zero-order chi connectivity index (χ0) is 39.3. The van der Waals surface area contributed by atoms with Crippen LogP contribution in [0.15, 0.2) is 48.6 Å². The van der Waals surface area contributed by atoms with E-state index in [0.29, 0.717) is 25.9 Å². The average molecular weight is 757 g/mol. The molecule has 0 bridgehead atoms. The van der Waals surface area contributed by atoms with Crippen LogP contribution < -0.4 is 0 Å². The van der Waals surface area contributed by atoms with Gasteiger partial charge in [0.05, 0.1) is 6.61 Å². The maximum Gasteiger partial charge on any atom is 0.306 e. The molecule has 1 unspecified atom stereocenters. The molecular weight excluding hydrogens is 669 g/mol. The summed E-state index contributed by atoms with van der Waals surface area (Å²) in [5.41, 5.74) is 0. The first kappa shape index (κ1) is 51.9. The van der Waals surface area contributed by atoms with Crippen LogP contribution in [0.1, 0.15) is 226 Å². The van der Waals surface area contributed by atoms with Gasteiger partial charge in [0.15, 0.2) is 6.10 Å². The van der Waals surface area contributed by atoms with Gasteiger partial charge in [0.1, 0.15) is 6.61 Å². The lowest BCUT2D eigenvalue weighted by atomic mass is 10.0. The third kappa shape index (κ3) is 42.6. The molecule has 0 rings (SSSR count). The molecule has 5 nitrogen and oxygen atoms in total.